The van der Waals surface area contributed by atoms with Gasteiger partial charge in [0.05, 0.1) is 11.0 Å². The Kier molecular flexibility index (Phi) is 9.89. The number of aromatic nitrogens is 1. The van der Waals surface area contributed by atoms with Crippen molar-refractivity contribution in [2.45, 2.75) is 0 Å². The number of hydrogen-bond acceptors (Lipinski definition) is 1. The van der Waals surface area contributed by atoms with Gasteiger partial charge in [-0.15, -0.1) is 0 Å². The molecule has 0 aliphatic heterocycles. The third kappa shape index (κ3) is 7.21. The van der Waals surface area contributed by atoms with Crippen molar-refractivity contribution in [2.75, 3.05) is 4.90 Å². The number of nitrogens with zero attached hydrogens (tertiary/aromatic N) is 2. The van der Waals surface area contributed by atoms with E-state index in [1.807, 2.05) is 0 Å². The Hall–Kier alpha value is -8.72. The molecular weight excluding hydrogens is 797 g/mol. The minimum atomic E-state index is 1.09. The first-order valence-electron chi connectivity index (χ1n) is 22.7. The highest BCUT2D eigenvalue weighted by Crippen LogP contribution is 2.42. The largest absolute Gasteiger partial charge is 0.310 e. The zero-order valence-electron chi connectivity index (χ0n) is 36.3. The minimum absolute atomic E-state index is 1.09. The van der Waals surface area contributed by atoms with Gasteiger partial charge < -0.3 is 9.47 Å². The monoisotopic (exact) mass is 840 g/mol. The first-order chi connectivity index (χ1) is 32.7. The van der Waals surface area contributed by atoms with Crippen LogP contribution < -0.4 is 4.90 Å². The fraction of sp³-hybridized carbons (Fsp3) is 0. The fourth-order valence-electron chi connectivity index (χ4n) is 9.74. The summed E-state index contributed by atoms with van der Waals surface area (Å²) in [7, 11) is 0. The van der Waals surface area contributed by atoms with E-state index in [2.05, 4.69) is 276 Å². The predicted molar refractivity (Wildman–Crippen MR) is 280 cm³/mol. The molecule has 0 N–H and O–H groups in total. The molecular formula is C64H44N2. The number of benzene rings is 11. The molecule has 12 aromatic rings. The summed E-state index contributed by atoms with van der Waals surface area (Å²) in [5.41, 5.74) is 18.7. The molecule has 0 aliphatic carbocycles. The SMILES string of the molecule is c1ccc(-c2cccc(-c3ccc(N(c4ccc(-c5ccc6ccccc6c5)cc4)c4cccc(-c5cccc(-c6cccc7c6c6ccccc6n7-c6ccccc6)c5)c4)cc3)c2)cc1. The van der Waals surface area contributed by atoms with Gasteiger partial charge in [0.15, 0.2) is 0 Å². The van der Waals surface area contributed by atoms with Crippen LogP contribution in [-0.2, 0) is 0 Å². The van der Waals surface area contributed by atoms with Crippen LogP contribution in [0.15, 0.2) is 267 Å². The predicted octanol–water partition coefficient (Wildman–Crippen LogP) is 17.7. The third-order valence-electron chi connectivity index (χ3n) is 13.0. The van der Waals surface area contributed by atoms with E-state index in [0.29, 0.717) is 0 Å². The lowest BCUT2D eigenvalue weighted by atomic mass is 9.95. The van der Waals surface area contributed by atoms with Gasteiger partial charge in [0.25, 0.3) is 0 Å². The number of para-hydroxylation sites is 2. The molecule has 1 aromatic heterocycles. The number of fused-ring (bicyclic) bond motifs is 4. The average molecular weight is 841 g/mol. The van der Waals surface area contributed by atoms with E-state index in [-0.39, 0.29) is 0 Å². The van der Waals surface area contributed by atoms with Crippen molar-refractivity contribution >= 4 is 49.6 Å². The Morgan fingerprint density at radius 3 is 1.44 bits per heavy atom. The number of rotatable bonds is 9. The van der Waals surface area contributed by atoms with Crippen LogP contribution in [0, 0.1) is 0 Å². The van der Waals surface area contributed by atoms with Crippen LogP contribution in [0.25, 0.3) is 93.9 Å². The smallest absolute Gasteiger partial charge is 0.0547 e. The van der Waals surface area contributed by atoms with Gasteiger partial charge in [0.2, 0.25) is 0 Å². The van der Waals surface area contributed by atoms with Crippen molar-refractivity contribution in [2.24, 2.45) is 0 Å². The van der Waals surface area contributed by atoms with Crippen LogP contribution in [0.1, 0.15) is 0 Å². The molecule has 0 saturated heterocycles. The van der Waals surface area contributed by atoms with Crippen LogP contribution in [0.5, 0.6) is 0 Å². The van der Waals surface area contributed by atoms with Gasteiger partial charge in [0, 0.05) is 33.5 Å². The van der Waals surface area contributed by atoms with Gasteiger partial charge in [-0.2, -0.15) is 0 Å². The molecule has 0 fully saturated rings. The van der Waals surface area contributed by atoms with Crippen molar-refractivity contribution in [3.63, 3.8) is 0 Å². The zero-order valence-corrected chi connectivity index (χ0v) is 36.3. The molecule has 12 rings (SSSR count). The van der Waals surface area contributed by atoms with E-state index < -0.39 is 0 Å². The van der Waals surface area contributed by atoms with Crippen molar-refractivity contribution in [1.82, 2.24) is 4.57 Å². The van der Waals surface area contributed by atoms with Gasteiger partial charge in [-0.1, -0.05) is 188 Å². The first-order valence-corrected chi connectivity index (χ1v) is 22.7. The standard InChI is InChI=1S/C64H44N2/c1-3-15-45(16-4-1)50-19-11-20-51(41-50)47-33-37-57(38-34-47)65(58-39-35-48(36-40-58)54-32-31-46-17-7-8-18-49(46)42-54)59-26-13-22-53(44-59)52-21-12-23-55(43-52)60-28-14-30-63-64(60)61-27-9-10-29-62(61)66(63)56-24-5-2-6-25-56/h1-44H. The van der Waals surface area contributed by atoms with E-state index in [0.717, 1.165) is 28.3 Å². The van der Waals surface area contributed by atoms with Crippen LogP contribution in [0.3, 0.4) is 0 Å². The summed E-state index contributed by atoms with van der Waals surface area (Å²) in [6.45, 7) is 0. The summed E-state index contributed by atoms with van der Waals surface area (Å²) in [4.78, 5) is 2.38. The second-order valence-electron chi connectivity index (χ2n) is 17.0. The second kappa shape index (κ2) is 16.8. The Balaban J connectivity index is 0.938. The van der Waals surface area contributed by atoms with Gasteiger partial charge >= 0.3 is 0 Å². The molecule has 66 heavy (non-hydrogen) atoms. The number of anilines is 3. The van der Waals surface area contributed by atoms with Gasteiger partial charge in [-0.25, -0.2) is 0 Å². The summed E-state index contributed by atoms with van der Waals surface area (Å²) < 4.78 is 2.39. The van der Waals surface area contributed by atoms with E-state index in [1.54, 1.807) is 0 Å². The Bertz CT molecular complexity index is 3680. The Morgan fingerprint density at radius 1 is 0.258 bits per heavy atom. The molecule has 0 radical (unpaired) electrons. The molecule has 0 bridgehead atoms. The quantitative estimate of drug-likeness (QED) is 0.141. The van der Waals surface area contributed by atoms with E-state index >= 15 is 0 Å². The van der Waals surface area contributed by atoms with Crippen molar-refractivity contribution in [3.05, 3.63) is 267 Å². The fourth-order valence-corrected chi connectivity index (χ4v) is 9.74. The lowest BCUT2D eigenvalue weighted by molar-refractivity contribution is 1.18. The molecule has 0 amide bonds. The summed E-state index contributed by atoms with van der Waals surface area (Å²) in [6, 6.07) is 96.8. The van der Waals surface area contributed by atoms with Gasteiger partial charge in [-0.3, -0.25) is 0 Å². The highest BCUT2D eigenvalue weighted by Gasteiger charge is 2.18. The minimum Gasteiger partial charge on any atom is -0.310 e. The highest BCUT2D eigenvalue weighted by atomic mass is 15.1. The second-order valence-corrected chi connectivity index (χ2v) is 17.0. The first kappa shape index (κ1) is 38.9. The maximum absolute atomic E-state index is 2.39. The molecule has 0 spiro atoms. The van der Waals surface area contributed by atoms with E-state index in [9.17, 15) is 0 Å². The van der Waals surface area contributed by atoms with Crippen molar-refractivity contribution < 1.29 is 0 Å². The van der Waals surface area contributed by atoms with Crippen molar-refractivity contribution in [3.8, 4) is 61.3 Å². The van der Waals surface area contributed by atoms with Crippen LogP contribution >= 0.6 is 0 Å². The molecule has 1 heterocycles. The maximum Gasteiger partial charge on any atom is 0.0547 e. The van der Waals surface area contributed by atoms with Crippen molar-refractivity contribution in [1.29, 1.82) is 0 Å². The third-order valence-corrected chi connectivity index (χ3v) is 13.0. The Morgan fingerprint density at radius 2 is 0.727 bits per heavy atom. The zero-order chi connectivity index (χ0) is 43.8. The molecule has 2 nitrogen and oxygen atoms in total. The topological polar surface area (TPSA) is 8.17 Å². The van der Waals surface area contributed by atoms with Crippen LogP contribution in [0.4, 0.5) is 17.1 Å². The van der Waals surface area contributed by atoms with Gasteiger partial charge in [0.1, 0.15) is 0 Å². The molecule has 0 aliphatic rings. The molecule has 310 valence electrons. The average Bonchev–Trinajstić information content (AvgIpc) is 3.74. The lowest BCUT2D eigenvalue weighted by Gasteiger charge is -2.26. The summed E-state index contributed by atoms with van der Waals surface area (Å²) >= 11 is 0. The highest BCUT2D eigenvalue weighted by molar-refractivity contribution is 6.16. The summed E-state index contributed by atoms with van der Waals surface area (Å²) in [5, 5.41) is 5.00. The summed E-state index contributed by atoms with van der Waals surface area (Å²) in [6.07, 6.45) is 0. The molecule has 11 aromatic carbocycles. The Labute approximate surface area is 385 Å². The normalized spacial score (nSPS) is 11.3. The molecule has 2 heteroatoms. The van der Waals surface area contributed by atoms with Gasteiger partial charge in [-0.05, 0) is 145 Å². The van der Waals surface area contributed by atoms with Crippen LogP contribution in [-0.4, -0.2) is 4.57 Å². The maximum atomic E-state index is 2.39. The van der Waals surface area contributed by atoms with E-state index in [4.69, 9.17) is 0 Å². The van der Waals surface area contributed by atoms with Crippen LogP contribution in [0.2, 0.25) is 0 Å². The molecule has 0 unspecified atom stereocenters. The number of hydrogen-bond donors (Lipinski definition) is 0. The summed E-state index contributed by atoms with van der Waals surface area (Å²) in [5.74, 6) is 0. The lowest BCUT2D eigenvalue weighted by Crippen LogP contribution is -2.10. The van der Waals surface area contributed by atoms with E-state index in [1.165, 1.54) is 82.6 Å². The molecule has 0 atom stereocenters. The molecule has 0 saturated carbocycles.